The first-order valence-electron chi connectivity index (χ1n) is 7.94. The van der Waals surface area contributed by atoms with Crippen LogP contribution in [0.2, 0.25) is 0 Å². The van der Waals surface area contributed by atoms with Gasteiger partial charge in [0.2, 0.25) is 15.9 Å². The summed E-state index contributed by atoms with van der Waals surface area (Å²) in [6.45, 7) is 1.58. The van der Waals surface area contributed by atoms with Crippen LogP contribution in [0.5, 0.6) is 5.75 Å². The summed E-state index contributed by atoms with van der Waals surface area (Å²) >= 11 is 0. The number of amides is 1. The number of nitrogens with two attached hydrogens (primary N) is 1. The van der Waals surface area contributed by atoms with Gasteiger partial charge in [-0.3, -0.25) is 4.79 Å². The lowest BCUT2D eigenvalue weighted by atomic mass is 10.1. The molecule has 0 aromatic heterocycles. The standard InChI is InChI=1S/C15H20F3N3O4S/c16-15(17,18)25-12-1-3-13(4-2-12)26(23,24)20-7-5-14(22)21-8-6-11(9-19)10-21/h1-4,11,20H,5-10,19H2. The van der Waals surface area contributed by atoms with E-state index in [-0.39, 0.29) is 29.7 Å². The molecule has 1 unspecified atom stereocenters. The van der Waals surface area contributed by atoms with Crippen molar-refractivity contribution in [1.29, 1.82) is 0 Å². The minimum atomic E-state index is -4.85. The first kappa shape index (κ1) is 20.5. The van der Waals surface area contributed by atoms with Gasteiger partial charge in [-0.1, -0.05) is 0 Å². The summed E-state index contributed by atoms with van der Waals surface area (Å²) in [4.78, 5) is 13.5. The molecule has 1 atom stereocenters. The van der Waals surface area contributed by atoms with Gasteiger partial charge in [-0.05, 0) is 43.1 Å². The lowest BCUT2D eigenvalue weighted by Gasteiger charge is -2.16. The lowest BCUT2D eigenvalue weighted by molar-refractivity contribution is -0.274. The molecule has 146 valence electrons. The number of nitrogens with zero attached hydrogens (tertiary/aromatic N) is 1. The molecule has 1 aliphatic heterocycles. The normalized spacial score (nSPS) is 18.2. The molecule has 1 amide bonds. The molecule has 1 aromatic rings. The van der Waals surface area contributed by atoms with Crippen LogP contribution in [0.4, 0.5) is 13.2 Å². The summed E-state index contributed by atoms with van der Waals surface area (Å²) in [6, 6.07) is 3.81. The van der Waals surface area contributed by atoms with Crippen molar-refractivity contribution >= 4 is 15.9 Å². The van der Waals surface area contributed by atoms with Crippen LogP contribution in [0.3, 0.4) is 0 Å². The Labute approximate surface area is 149 Å². The first-order chi connectivity index (χ1) is 12.1. The number of halogens is 3. The quantitative estimate of drug-likeness (QED) is 0.719. The molecule has 7 nitrogen and oxygen atoms in total. The third kappa shape index (κ3) is 5.85. The Morgan fingerprint density at radius 1 is 1.31 bits per heavy atom. The van der Waals surface area contributed by atoms with Crippen molar-refractivity contribution < 1.29 is 31.1 Å². The van der Waals surface area contributed by atoms with Crippen molar-refractivity contribution in [3.05, 3.63) is 24.3 Å². The second-order valence-electron chi connectivity index (χ2n) is 5.90. The molecular weight excluding hydrogens is 375 g/mol. The largest absolute Gasteiger partial charge is 0.573 e. The van der Waals surface area contributed by atoms with E-state index in [1.165, 1.54) is 0 Å². The van der Waals surface area contributed by atoms with E-state index in [0.29, 0.717) is 19.6 Å². The summed E-state index contributed by atoms with van der Waals surface area (Å²) in [6.07, 6.45) is -4.02. The van der Waals surface area contributed by atoms with Gasteiger partial charge in [-0.2, -0.15) is 0 Å². The SMILES string of the molecule is NCC1CCN(C(=O)CCNS(=O)(=O)c2ccc(OC(F)(F)F)cc2)C1. The van der Waals surface area contributed by atoms with Crippen molar-refractivity contribution in [2.24, 2.45) is 11.7 Å². The van der Waals surface area contributed by atoms with E-state index < -0.39 is 22.1 Å². The van der Waals surface area contributed by atoms with E-state index in [2.05, 4.69) is 9.46 Å². The molecule has 3 N–H and O–H groups in total. The molecule has 2 rings (SSSR count). The van der Waals surface area contributed by atoms with Gasteiger partial charge in [-0.25, -0.2) is 13.1 Å². The van der Waals surface area contributed by atoms with Gasteiger partial charge in [0.25, 0.3) is 0 Å². The van der Waals surface area contributed by atoms with Crippen molar-refractivity contribution in [2.45, 2.75) is 24.1 Å². The molecule has 1 saturated heterocycles. The maximum atomic E-state index is 12.1. The number of carbonyl (C=O) groups excluding carboxylic acids is 1. The van der Waals surface area contributed by atoms with Crippen LogP contribution in [0.15, 0.2) is 29.2 Å². The van der Waals surface area contributed by atoms with Crippen LogP contribution >= 0.6 is 0 Å². The highest BCUT2D eigenvalue weighted by Gasteiger charge is 2.31. The molecule has 0 bridgehead atoms. The molecule has 11 heteroatoms. The Morgan fingerprint density at radius 3 is 2.50 bits per heavy atom. The molecule has 1 fully saturated rings. The minimum Gasteiger partial charge on any atom is -0.406 e. The number of hydrogen-bond donors (Lipinski definition) is 2. The molecule has 1 heterocycles. The van der Waals surface area contributed by atoms with Crippen molar-refractivity contribution in [3.63, 3.8) is 0 Å². The van der Waals surface area contributed by atoms with Crippen molar-refractivity contribution in [2.75, 3.05) is 26.2 Å². The van der Waals surface area contributed by atoms with Gasteiger partial charge < -0.3 is 15.4 Å². The lowest BCUT2D eigenvalue weighted by Crippen LogP contribution is -2.33. The molecule has 0 aliphatic carbocycles. The average molecular weight is 395 g/mol. The molecular formula is C15H20F3N3O4S. The Kier molecular flexibility index (Phi) is 6.48. The van der Waals surface area contributed by atoms with Gasteiger partial charge in [-0.15, -0.1) is 13.2 Å². The van der Waals surface area contributed by atoms with Crippen molar-refractivity contribution in [1.82, 2.24) is 9.62 Å². The minimum absolute atomic E-state index is 0.00815. The molecule has 1 aliphatic rings. The Bertz CT molecular complexity index is 723. The number of carbonyl (C=O) groups is 1. The highest BCUT2D eigenvalue weighted by atomic mass is 32.2. The predicted molar refractivity (Wildman–Crippen MR) is 86.7 cm³/mol. The van der Waals surface area contributed by atoms with Crippen molar-refractivity contribution in [3.8, 4) is 5.75 Å². The number of nitrogens with one attached hydrogen (secondary N) is 1. The zero-order chi connectivity index (χ0) is 19.4. The maximum absolute atomic E-state index is 12.1. The molecule has 0 radical (unpaired) electrons. The molecule has 0 saturated carbocycles. The summed E-state index contributed by atoms with van der Waals surface area (Å²) in [7, 11) is -3.93. The van der Waals surface area contributed by atoms with Crippen LogP contribution in [0, 0.1) is 5.92 Å². The number of alkyl halides is 3. The van der Waals surface area contributed by atoms with Crippen LogP contribution in [-0.2, 0) is 14.8 Å². The van der Waals surface area contributed by atoms with E-state index in [9.17, 15) is 26.4 Å². The fourth-order valence-corrected chi connectivity index (χ4v) is 3.64. The number of ether oxygens (including phenoxy) is 1. The second-order valence-corrected chi connectivity index (χ2v) is 7.66. The van der Waals surface area contributed by atoms with E-state index in [1.807, 2.05) is 0 Å². The highest BCUT2D eigenvalue weighted by Crippen LogP contribution is 2.23. The smallest absolute Gasteiger partial charge is 0.406 e. The number of likely N-dealkylation sites (tertiary alicyclic amines) is 1. The van der Waals surface area contributed by atoms with E-state index in [0.717, 1.165) is 30.7 Å². The predicted octanol–water partition coefficient (Wildman–Crippen LogP) is 1.06. The first-order valence-corrected chi connectivity index (χ1v) is 9.42. The summed E-state index contributed by atoms with van der Waals surface area (Å²) in [5, 5.41) is 0. The van der Waals surface area contributed by atoms with Gasteiger partial charge in [0.1, 0.15) is 5.75 Å². The van der Waals surface area contributed by atoms with Crippen LogP contribution in [-0.4, -0.2) is 51.8 Å². The Balaban J connectivity index is 1.85. The topological polar surface area (TPSA) is 102 Å². The van der Waals surface area contributed by atoms with Crippen LogP contribution in [0.25, 0.3) is 0 Å². The van der Waals surface area contributed by atoms with E-state index >= 15 is 0 Å². The monoisotopic (exact) mass is 395 g/mol. The molecule has 1 aromatic carbocycles. The van der Waals surface area contributed by atoms with E-state index in [1.54, 1.807) is 4.90 Å². The van der Waals surface area contributed by atoms with Crippen LogP contribution < -0.4 is 15.2 Å². The fourth-order valence-electron chi connectivity index (χ4n) is 2.61. The third-order valence-electron chi connectivity index (χ3n) is 3.97. The zero-order valence-electron chi connectivity index (χ0n) is 13.8. The van der Waals surface area contributed by atoms with Gasteiger partial charge in [0.05, 0.1) is 4.90 Å². The Morgan fingerprint density at radius 2 is 1.96 bits per heavy atom. The zero-order valence-corrected chi connectivity index (χ0v) is 14.6. The highest BCUT2D eigenvalue weighted by molar-refractivity contribution is 7.89. The third-order valence-corrected chi connectivity index (χ3v) is 5.45. The van der Waals surface area contributed by atoms with E-state index in [4.69, 9.17) is 5.73 Å². The summed E-state index contributed by atoms with van der Waals surface area (Å²) in [5.41, 5.74) is 5.56. The fraction of sp³-hybridized carbons (Fsp3) is 0.533. The Hall–Kier alpha value is -1.85. The molecule has 26 heavy (non-hydrogen) atoms. The summed E-state index contributed by atoms with van der Waals surface area (Å²) in [5.74, 6) is -0.416. The number of rotatable bonds is 7. The number of benzene rings is 1. The van der Waals surface area contributed by atoms with Gasteiger partial charge in [0.15, 0.2) is 0 Å². The van der Waals surface area contributed by atoms with Gasteiger partial charge in [0, 0.05) is 26.1 Å². The maximum Gasteiger partial charge on any atom is 0.573 e. The number of hydrogen-bond acceptors (Lipinski definition) is 5. The van der Waals surface area contributed by atoms with Gasteiger partial charge >= 0.3 is 6.36 Å². The summed E-state index contributed by atoms with van der Waals surface area (Å²) < 4.78 is 66.5. The average Bonchev–Trinajstić information content (AvgIpc) is 3.03. The van der Waals surface area contributed by atoms with Crippen LogP contribution in [0.1, 0.15) is 12.8 Å². The molecule has 0 spiro atoms. The second kappa shape index (κ2) is 8.23. The number of sulfonamides is 1.